The van der Waals surface area contributed by atoms with E-state index in [1.54, 1.807) is 6.07 Å². The van der Waals surface area contributed by atoms with E-state index in [4.69, 9.17) is 10.8 Å². The highest BCUT2D eigenvalue weighted by Gasteiger charge is 2.34. The number of phenols is 2. The summed E-state index contributed by atoms with van der Waals surface area (Å²) in [6.07, 6.45) is 5.56. The second-order valence-electron chi connectivity index (χ2n) is 9.09. The number of fused-ring (bicyclic) bond motifs is 2. The molecule has 2 aliphatic carbocycles. The standard InChI is InChI=1S/C17H17NO2.C8H15NO2/c1-18-8-7-10-3-2-4-12-15(10)13(18)9-11-5-6-14(19)17(20)16(11)12;9-5-6-1-3-7(4-2-6)8(10)11/h2-6,13,19-20H,7-9H2,1H3;6-7H,1-5,9H2,(H,10,11)/t13-;6-,7-/m1./s1. The van der Waals surface area contributed by atoms with Crippen molar-refractivity contribution in [2.75, 3.05) is 20.1 Å². The number of rotatable bonds is 2. The highest BCUT2D eigenvalue weighted by molar-refractivity contribution is 5.82. The van der Waals surface area contributed by atoms with Crippen LogP contribution in [0.15, 0.2) is 30.3 Å². The number of aromatic hydroxyl groups is 2. The number of phenolic OH excluding ortho intramolecular Hbond substituents is 2. The molecule has 6 nitrogen and oxygen atoms in total. The summed E-state index contributed by atoms with van der Waals surface area (Å²) in [6.45, 7) is 1.78. The van der Waals surface area contributed by atoms with E-state index in [1.807, 2.05) is 6.07 Å². The van der Waals surface area contributed by atoms with E-state index in [0.29, 0.717) is 18.5 Å². The van der Waals surface area contributed by atoms with Crippen LogP contribution >= 0.6 is 0 Å². The SMILES string of the molecule is CN1CCc2cccc3c2[C@H]1Cc1ccc(O)c(O)c1-3.NC[C@H]1CC[C@H](C(=O)O)CC1. The average Bonchev–Trinajstić information content (AvgIpc) is 2.79. The van der Waals surface area contributed by atoms with Crippen molar-refractivity contribution >= 4 is 5.97 Å². The van der Waals surface area contributed by atoms with E-state index in [9.17, 15) is 15.0 Å². The van der Waals surface area contributed by atoms with E-state index in [0.717, 1.165) is 61.8 Å². The molecule has 2 aromatic carbocycles. The van der Waals surface area contributed by atoms with Gasteiger partial charge in [0.25, 0.3) is 0 Å². The third-order valence-corrected chi connectivity index (χ3v) is 7.25. The second kappa shape index (κ2) is 8.89. The lowest BCUT2D eigenvalue weighted by atomic mass is 9.77. The maximum Gasteiger partial charge on any atom is 0.306 e. The predicted octanol–water partition coefficient (Wildman–Crippen LogP) is 3.69. The lowest BCUT2D eigenvalue weighted by Gasteiger charge is -2.39. The van der Waals surface area contributed by atoms with Crippen molar-refractivity contribution in [2.24, 2.45) is 17.6 Å². The van der Waals surface area contributed by atoms with Gasteiger partial charge in [-0.1, -0.05) is 24.3 Å². The Morgan fingerprint density at radius 1 is 1.10 bits per heavy atom. The zero-order chi connectivity index (χ0) is 22.1. The van der Waals surface area contributed by atoms with E-state index in [2.05, 4.69) is 30.1 Å². The Kier molecular flexibility index (Phi) is 6.21. The number of benzene rings is 2. The molecular formula is C25H32N2O4. The Morgan fingerprint density at radius 3 is 2.52 bits per heavy atom. The third kappa shape index (κ3) is 4.14. The fraction of sp³-hybridized carbons (Fsp3) is 0.480. The van der Waals surface area contributed by atoms with Crippen LogP contribution in [0.2, 0.25) is 0 Å². The minimum Gasteiger partial charge on any atom is -0.504 e. The van der Waals surface area contributed by atoms with E-state index in [1.165, 1.54) is 11.1 Å². The molecule has 0 unspecified atom stereocenters. The number of hydrogen-bond donors (Lipinski definition) is 4. The summed E-state index contributed by atoms with van der Waals surface area (Å²) in [4.78, 5) is 12.9. The van der Waals surface area contributed by atoms with Crippen LogP contribution < -0.4 is 5.73 Å². The smallest absolute Gasteiger partial charge is 0.306 e. The molecule has 1 fully saturated rings. The quantitative estimate of drug-likeness (QED) is 0.548. The van der Waals surface area contributed by atoms with Crippen molar-refractivity contribution in [1.82, 2.24) is 4.90 Å². The number of carboxylic acid groups (broad SMARTS) is 1. The predicted molar refractivity (Wildman–Crippen MR) is 120 cm³/mol. The topological polar surface area (TPSA) is 107 Å². The number of aliphatic carboxylic acids is 1. The van der Waals surface area contributed by atoms with Gasteiger partial charge in [-0.25, -0.2) is 0 Å². The Bertz CT molecular complexity index is 966. The Balaban J connectivity index is 0.000000180. The third-order valence-electron chi connectivity index (χ3n) is 7.25. The minimum absolute atomic E-state index is 0.0163. The molecule has 6 heteroatoms. The number of hydrogen-bond acceptors (Lipinski definition) is 5. The molecule has 0 bridgehead atoms. The lowest BCUT2D eigenvalue weighted by Crippen LogP contribution is -2.35. The molecule has 5 rings (SSSR count). The molecule has 2 aromatic rings. The van der Waals surface area contributed by atoms with Crippen LogP contribution in [0.3, 0.4) is 0 Å². The fourth-order valence-electron chi connectivity index (χ4n) is 5.32. The minimum atomic E-state index is -0.638. The van der Waals surface area contributed by atoms with Crippen LogP contribution in [0.25, 0.3) is 11.1 Å². The summed E-state index contributed by atoms with van der Waals surface area (Å²) >= 11 is 0. The molecule has 166 valence electrons. The number of likely N-dealkylation sites (N-methyl/N-ethyl adjacent to an activating group) is 1. The summed E-state index contributed by atoms with van der Waals surface area (Å²) in [5.41, 5.74) is 11.2. The van der Waals surface area contributed by atoms with Crippen LogP contribution in [0, 0.1) is 11.8 Å². The first-order valence-corrected chi connectivity index (χ1v) is 11.2. The van der Waals surface area contributed by atoms with E-state index in [-0.39, 0.29) is 17.4 Å². The zero-order valence-electron chi connectivity index (χ0n) is 18.1. The first-order valence-electron chi connectivity index (χ1n) is 11.2. The highest BCUT2D eigenvalue weighted by atomic mass is 16.4. The van der Waals surface area contributed by atoms with Crippen LogP contribution in [0.4, 0.5) is 0 Å². The molecule has 0 saturated heterocycles. The van der Waals surface area contributed by atoms with Gasteiger partial charge in [-0.3, -0.25) is 9.69 Å². The lowest BCUT2D eigenvalue weighted by molar-refractivity contribution is -0.143. The molecule has 1 heterocycles. The number of carbonyl (C=O) groups is 1. The first kappa shape index (κ1) is 21.7. The van der Waals surface area contributed by atoms with Crippen LogP contribution in [-0.2, 0) is 17.6 Å². The first-order chi connectivity index (χ1) is 14.9. The van der Waals surface area contributed by atoms with Gasteiger partial charge in [0.2, 0.25) is 0 Å². The van der Waals surface area contributed by atoms with Gasteiger partial charge < -0.3 is 21.1 Å². The molecule has 1 atom stereocenters. The molecule has 1 saturated carbocycles. The highest BCUT2D eigenvalue weighted by Crippen LogP contribution is 2.49. The molecular weight excluding hydrogens is 392 g/mol. The summed E-state index contributed by atoms with van der Waals surface area (Å²) in [5.74, 6) is -0.185. The molecule has 5 N–H and O–H groups in total. The Labute approximate surface area is 183 Å². The van der Waals surface area contributed by atoms with Crippen molar-refractivity contribution in [2.45, 2.75) is 44.6 Å². The van der Waals surface area contributed by atoms with Crippen LogP contribution in [-0.4, -0.2) is 46.3 Å². The second-order valence-corrected chi connectivity index (χ2v) is 9.09. The molecule has 1 aliphatic heterocycles. The maximum atomic E-state index is 10.5. The zero-order valence-corrected chi connectivity index (χ0v) is 18.1. The molecule has 0 amide bonds. The van der Waals surface area contributed by atoms with Gasteiger partial charge in [-0.2, -0.15) is 0 Å². The number of carboxylic acids is 1. The van der Waals surface area contributed by atoms with Gasteiger partial charge in [0.1, 0.15) is 0 Å². The van der Waals surface area contributed by atoms with Gasteiger partial charge in [0, 0.05) is 18.2 Å². The van der Waals surface area contributed by atoms with Crippen molar-refractivity contribution in [3.8, 4) is 22.6 Å². The molecule has 0 aromatic heterocycles. The van der Waals surface area contributed by atoms with Gasteiger partial charge in [0.15, 0.2) is 11.5 Å². The van der Waals surface area contributed by atoms with E-state index < -0.39 is 5.97 Å². The van der Waals surface area contributed by atoms with E-state index >= 15 is 0 Å². The average molecular weight is 425 g/mol. The van der Waals surface area contributed by atoms with Gasteiger partial charge in [-0.05, 0) is 86.4 Å². The van der Waals surface area contributed by atoms with Crippen LogP contribution in [0.1, 0.15) is 48.4 Å². The molecule has 3 aliphatic rings. The summed E-state index contributed by atoms with van der Waals surface area (Å²) in [6, 6.07) is 10.2. The van der Waals surface area contributed by atoms with Crippen molar-refractivity contribution in [3.63, 3.8) is 0 Å². The van der Waals surface area contributed by atoms with Crippen molar-refractivity contribution in [3.05, 3.63) is 47.0 Å². The van der Waals surface area contributed by atoms with Gasteiger partial charge >= 0.3 is 5.97 Å². The van der Waals surface area contributed by atoms with Crippen molar-refractivity contribution < 1.29 is 20.1 Å². The van der Waals surface area contributed by atoms with Gasteiger partial charge in [-0.15, -0.1) is 0 Å². The Morgan fingerprint density at radius 2 is 1.84 bits per heavy atom. The molecule has 0 radical (unpaired) electrons. The largest absolute Gasteiger partial charge is 0.504 e. The monoisotopic (exact) mass is 424 g/mol. The number of nitrogens with two attached hydrogens (primary N) is 1. The summed E-state index contributed by atoms with van der Waals surface area (Å²) in [5, 5.41) is 28.7. The van der Waals surface area contributed by atoms with Gasteiger partial charge in [0.05, 0.1) is 5.92 Å². The number of nitrogens with zero attached hydrogens (tertiary/aromatic N) is 1. The maximum absolute atomic E-state index is 10.5. The van der Waals surface area contributed by atoms with Crippen molar-refractivity contribution in [1.29, 1.82) is 0 Å². The fourth-order valence-corrected chi connectivity index (χ4v) is 5.32. The summed E-state index contributed by atoms with van der Waals surface area (Å²) < 4.78 is 0. The van der Waals surface area contributed by atoms with Crippen LogP contribution in [0.5, 0.6) is 11.5 Å². The normalized spacial score (nSPS) is 24.4. The summed E-state index contributed by atoms with van der Waals surface area (Å²) in [7, 11) is 2.16. The molecule has 31 heavy (non-hydrogen) atoms. The Hall–Kier alpha value is -2.57. The molecule has 0 spiro atoms.